The number of alkyl carbamates (subject to hydrolysis) is 1. The number of carbonyl (C=O) groups is 3. The van der Waals surface area contributed by atoms with Gasteiger partial charge in [-0.25, -0.2) is 4.79 Å². The van der Waals surface area contributed by atoms with Gasteiger partial charge in [-0.3, -0.25) is 9.59 Å². The Bertz CT molecular complexity index is 319. The van der Waals surface area contributed by atoms with Gasteiger partial charge in [0.1, 0.15) is 17.8 Å². The van der Waals surface area contributed by atoms with Crippen LogP contribution in [0.15, 0.2) is 0 Å². The molecule has 0 rings (SSSR count). The summed E-state index contributed by atoms with van der Waals surface area (Å²) in [6.45, 7) is 6.91. The summed E-state index contributed by atoms with van der Waals surface area (Å²) in [7, 11) is 1.22. The van der Waals surface area contributed by atoms with Crippen molar-refractivity contribution in [3.05, 3.63) is 0 Å². The van der Waals surface area contributed by atoms with Crippen LogP contribution < -0.4 is 5.32 Å². The Morgan fingerprint density at radius 2 is 1.78 bits per heavy atom. The Morgan fingerprint density at radius 1 is 1.22 bits per heavy atom. The van der Waals surface area contributed by atoms with E-state index in [1.54, 1.807) is 27.7 Å². The van der Waals surface area contributed by atoms with Crippen LogP contribution in [0.3, 0.4) is 0 Å². The second-order valence-corrected chi connectivity index (χ2v) is 5.04. The van der Waals surface area contributed by atoms with Crippen molar-refractivity contribution in [3.63, 3.8) is 0 Å². The third kappa shape index (κ3) is 8.55. The summed E-state index contributed by atoms with van der Waals surface area (Å²) in [6.07, 6.45) is -0.800. The maximum absolute atomic E-state index is 11.4. The molecule has 0 spiro atoms. The molecular weight excluding hydrogens is 238 g/mol. The van der Waals surface area contributed by atoms with E-state index < -0.39 is 23.7 Å². The number of nitrogens with one attached hydrogen (secondary N) is 1. The van der Waals surface area contributed by atoms with Crippen molar-refractivity contribution in [1.82, 2.24) is 5.32 Å². The van der Waals surface area contributed by atoms with E-state index in [1.807, 2.05) is 0 Å². The molecule has 6 heteroatoms. The van der Waals surface area contributed by atoms with Crippen LogP contribution in [0.4, 0.5) is 4.79 Å². The van der Waals surface area contributed by atoms with E-state index in [1.165, 1.54) is 7.11 Å². The number of carbonyl (C=O) groups excluding carboxylic acids is 3. The lowest BCUT2D eigenvalue weighted by molar-refractivity contribution is -0.143. The van der Waals surface area contributed by atoms with Crippen LogP contribution in [0.5, 0.6) is 0 Å². The van der Waals surface area contributed by atoms with E-state index in [0.29, 0.717) is 0 Å². The van der Waals surface area contributed by atoms with E-state index in [9.17, 15) is 14.4 Å². The van der Waals surface area contributed by atoms with Gasteiger partial charge >= 0.3 is 12.1 Å². The summed E-state index contributed by atoms with van der Waals surface area (Å²) in [4.78, 5) is 33.6. The van der Waals surface area contributed by atoms with Gasteiger partial charge in [0.2, 0.25) is 0 Å². The van der Waals surface area contributed by atoms with Crippen LogP contribution >= 0.6 is 0 Å². The molecule has 0 saturated carbocycles. The lowest BCUT2D eigenvalue weighted by atomic mass is 10.1. The molecule has 0 aliphatic heterocycles. The summed E-state index contributed by atoms with van der Waals surface area (Å²) in [5, 5.41) is 2.52. The van der Waals surface area contributed by atoms with E-state index >= 15 is 0 Å². The van der Waals surface area contributed by atoms with Crippen molar-refractivity contribution in [2.75, 3.05) is 7.11 Å². The third-order valence-electron chi connectivity index (χ3n) is 1.87. The highest BCUT2D eigenvalue weighted by molar-refractivity contribution is 5.95. The zero-order chi connectivity index (χ0) is 14.3. The average Bonchev–Trinajstić information content (AvgIpc) is 2.12. The summed E-state index contributed by atoms with van der Waals surface area (Å²) >= 11 is 0. The molecule has 0 fully saturated rings. The molecule has 0 aromatic heterocycles. The summed E-state index contributed by atoms with van der Waals surface area (Å²) in [6, 6.07) is -0.392. The maximum Gasteiger partial charge on any atom is 0.407 e. The van der Waals surface area contributed by atoms with Gasteiger partial charge in [0.15, 0.2) is 0 Å². The number of amides is 1. The quantitative estimate of drug-likeness (QED) is 0.596. The Kier molecular flexibility index (Phi) is 6.36. The van der Waals surface area contributed by atoms with Crippen molar-refractivity contribution >= 4 is 17.8 Å². The van der Waals surface area contributed by atoms with Gasteiger partial charge in [-0.15, -0.1) is 0 Å². The fourth-order valence-corrected chi connectivity index (χ4v) is 1.21. The van der Waals surface area contributed by atoms with E-state index in [-0.39, 0.29) is 18.6 Å². The zero-order valence-electron chi connectivity index (χ0n) is 11.5. The van der Waals surface area contributed by atoms with Crippen LogP contribution in [0.25, 0.3) is 0 Å². The van der Waals surface area contributed by atoms with Gasteiger partial charge in [0, 0.05) is 12.5 Å². The minimum atomic E-state index is -0.584. The predicted octanol–water partition coefficient (Wildman–Crippen LogP) is 1.42. The Balaban J connectivity index is 4.04. The number of Topliss-reactive ketones (excluding diaryl/α,β-unsaturated/α-hetero) is 1. The molecule has 0 aromatic rings. The Hall–Kier alpha value is -1.59. The van der Waals surface area contributed by atoms with Gasteiger partial charge in [0.25, 0.3) is 0 Å². The first-order valence-corrected chi connectivity index (χ1v) is 5.72. The van der Waals surface area contributed by atoms with E-state index in [0.717, 1.165) is 0 Å². The largest absolute Gasteiger partial charge is 0.469 e. The van der Waals surface area contributed by atoms with Crippen molar-refractivity contribution < 1.29 is 23.9 Å². The lowest BCUT2D eigenvalue weighted by Crippen LogP contribution is -2.38. The van der Waals surface area contributed by atoms with Gasteiger partial charge in [-0.05, 0) is 27.7 Å². The summed E-state index contributed by atoms with van der Waals surface area (Å²) < 4.78 is 9.42. The number of hydrogen-bond donors (Lipinski definition) is 1. The SMILES string of the molecule is COC(=O)CC(=O)CC(C)NC(=O)OC(C)(C)C. The highest BCUT2D eigenvalue weighted by Crippen LogP contribution is 2.07. The van der Waals surface area contributed by atoms with Crippen LogP contribution in [0, 0.1) is 0 Å². The van der Waals surface area contributed by atoms with Gasteiger partial charge in [-0.2, -0.15) is 0 Å². The van der Waals surface area contributed by atoms with Gasteiger partial charge < -0.3 is 14.8 Å². The van der Waals surface area contributed by atoms with Crippen molar-refractivity contribution in [3.8, 4) is 0 Å². The molecule has 1 N–H and O–H groups in total. The van der Waals surface area contributed by atoms with Crippen molar-refractivity contribution in [1.29, 1.82) is 0 Å². The molecule has 0 aliphatic rings. The van der Waals surface area contributed by atoms with Crippen LogP contribution in [-0.4, -0.2) is 36.6 Å². The molecule has 0 bridgehead atoms. The van der Waals surface area contributed by atoms with Crippen molar-refractivity contribution in [2.24, 2.45) is 0 Å². The lowest BCUT2D eigenvalue weighted by Gasteiger charge is -2.21. The van der Waals surface area contributed by atoms with Crippen LogP contribution in [0.1, 0.15) is 40.5 Å². The molecular formula is C12H21NO5. The minimum Gasteiger partial charge on any atom is -0.469 e. The molecule has 0 aromatic carbocycles. The second-order valence-electron chi connectivity index (χ2n) is 5.04. The number of esters is 1. The molecule has 1 unspecified atom stereocenters. The number of rotatable bonds is 5. The molecule has 104 valence electrons. The third-order valence-corrected chi connectivity index (χ3v) is 1.87. The summed E-state index contributed by atoms with van der Waals surface area (Å²) in [5.41, 5.74) is -0.584. The van der Waals surface area contributed by atoms with Gasteiger partial charge in [0.05, 0.1) is 7.11 Å². The van der Waals surface area contributed by atoms with Crippen molar-refractivity contribution in [2.45, 2.75) is 52.2 Å². The van der Waals surface area contributed by atoms with E-state index in [4.69, 9.17) is 4.74 Å². The predicted molar refractivity (Wildman–Crippen MR) is 65.1 cm³/mol. The molecule has 0 radical (unpaired) electrons. The minimum absolute atomic E-state index is 0.0638. The second kappa shape index (κ2) is 6.98. The van der Waals surface area contributed by atoms with E-state index in [2.05, 4.69) is 10.1 Å². The molecule has 1 atom stereocenters. The maximum atomic E-state index is 11.4. The molecule has 0 aliphatic carbocycles. The molecule has 0 heterocycles. The molecule has 0 saturated heterocycles. The number of ether oxygens (including phenoxy) is 2. The average molecular weight is 259 g/mol. The van der Waals surface area contributed by atoms with Crippen LogP contribution in [0.2, 0.25) is 0 Å². The number of ketones is 1. The smallest absolute Gasteiger partial charge is 0.407 e. The monoisotopic (exact) mass is 259 g/mol. The standard InChI is InChI=1S/C12H21NO5/c1-8(6-9(14)7-10(15)17-5)13-11(16)18-12(2,3)4/h8H,6-7H2,1-5H3,(H,13,16). The first kappa shape index (κ1) is 16.4. The topological polar surface area (TPSA) is 81.7 Å². The fourth-order valence-electron chi connectivity index (χ4n) is 1.21. The molecule has 1 amide bonds. The first-order chi connectivity index (χ1) is 8.14. The van der Waals surface area contributed by atoms with Crippen LogP contribution in [-0.2, 0) is 19.1 Å². The number of methoxy groups -OCH3 is 1. The summed E-state index contributed by atoms with van der Waals surface area (Å²) in [5.74, 6) is -0.866. The highest BCUT2D eigenvalue weighted by Gasteiger charge is 2.19. The first-order valence-electron chi connectivity index (χ1n) is 5.72. The molecule has 6 nitrogen and oxygen atoms in total. The highest BCUT2D eigenvalue weighted by atomic mass is 16.6. The fraction of sp³-hybridized carbons (Fsp3) is 0.750. The number of hydrogen-bond acceptors (Lipinski definition) is 5. The van der Waals surface area contributed by atoms with Gasteiger partial charge in [-0.1, -0.05) is 0 Å². The Morgan fingerprint density at radius 3 is 2.22 bits per heavy atom. The Labute approximate surface area is 107 Å². The molecule has 18 heavy (non-hydrogen) atoms. The zero-order valence-corrected chi connectivity index (χ0v) is 11.5. The normalized spacial score (nSPS) is 12.5.